The number of anilines is 1. The van der Waals surface area contributed by atoms with Crippen molar-refractivity contribution in [3.05, 3.63) is 81.1 Å². The van der Waals surface area contributed by atoms with Gasteiger partial charge in [-0.25, -0.2) is 24.3 Å². The first kappa shape index (κ1) is 44.2. The number of hydrogen-bond acceptors (Lipinski definition) is 15. The summed E-state index contributed by atoms with van der Waals surface area (Å²) in [7, 11) is -4.95. The summed E-state index contributed by atoms with van der Waals surface area (Å²) in [6.45, 7) is 5.27. The fraction of sp³-hybridized carbons (Fsp3) is 0.514. The van der Waals surface area contributed by atoms with E-state index in [0.717, 1.165) is 10.1 Å². The zero-order valence-electron chi connectivity index (χ0n) is 33.3. The number of carbonyl (C=O) groups excluding carboxylic acids is 3. The Morgan fingerprint density at radius 3 is 2.43 bits per heavy atom. The summed E-state index contributed by atoms with van der Waals surface area (Å²) in [5.41, 5.74) is 6.14. The van der Waals surface area contributed by atoms with E-state index in [2.05, 4.69) is 35.9 Å². The van der Waals surface area contributed by atoms with Crippen LogP contribution in [0.5, 0.6) is 0 Å². The van der Waals surface area contributed by atoms with E-state index in [1.807, 2.05) is 32.0 Å². The minimum absolute atomic E-state index is 0.0270. The van der Waals surface area contributed by atoms with Crippen LogP contribution in [0.25, 0.3) is 11.2 Å². The van der Waals surface area contributed by atoms with Gasteiger partial charge in [0.05, 0.1) is 25.6 Å². The first-order valence-electron chi connectivity index (χ1n) is 19.3. The molecular formula is C37H49N10O12P. The number of benzene rings is 1. The molecule has 0 bridgehead atoms. The predicted molar refractivity (Wildman–Crippen MR) is 212 cm³/mol. The number of rotatable bonds is 17. The number of aromatic nitrogens is 6. The Labute approximate surface area is 342 Å². The average Bonchev–Trinajstić information content (AvgIpc) is 3.92. The highest BCUT2D eigenvalue weighted by Crippen LogP contribution is 2.49. The number of nitrogens with zero attached hydrogens (tertiary/aromatic N) is 5. The van der Waals surface area contributed by atoms with Gasteiger partial charge in [-0.05, 0) is 24.8 Å². The van der Waals surface area contributed by atoms with Crippen molar-refractivity contribution in [3.8, 4) is 0 Å². The number of imidazole rings is 1. The Hall–Kier alpha value is -5.35. The molecule has 324 valence electrons. The van der Waals surface area contributed by atoms with Gasteiger partial charge in [0.2, 0.25) is 17.7 Å². The molecular weight excluding hydrogens is 807 g/mol. The van der Waals surface area contributed by atoms with Crippen LogP contribution in [0.4, 0.5) is 5.82 Å². The third-order valence-corrected chi connectivity index (χ3v) is 11.1. The molecule has 4 aromatic rings. The number of amides is 3. The molecule has 6 rings (SSSR count). The Morgan fingerprint density at radius 2 is 1.73 bits per heavy atom. The number of fused-ring (bicyclic) bond motifs is 1. The third kappa shape index (κ3) is 10.7. The van der Waals surface area contributed by atoms with E-state index in [4.69, 9.17) is 24.3 Å². The van der Waals surface area contributed by atoms with Gasteiger partial charge in [0.25, 0.3) is 5.56 Å². The number of ether oxygens (including phenoxy) is 2. The Bertz CT molecular complexity index is 2340. The second-order valence-corrected chi connectivity index (χ2v) is 16.5. The number of nitrogen functional groups attached to an aromatic ring is 1. The van der Waals surface area contributed by atoms with Crippen molar-refractivity contribution < 1.29 is 47.5 Å². The van der Waals surface area contributed by atoms with Crippen molar-refractivity contribution >= 4 is 42.5 Å². The molecule has 3 amide bonds. The molecule has 0 aliphatic carbocycles. The van der Waals surface area contributed by atoms with Gasteiger partial charge in [0, 0.05) is 37.9 Å². The molecule has 2 aliphatic heterocycles. The molecule has 3 aromatic heterocycles. The number of aliphatic hydroxyl groups excluding tert-OH is 1. The number of nitrogens with one attached hydrogen (secondary N) is 4. The van der Waals surface area contributed by atoms with Crippen LogP contribution in [0.15, 0.2) is 58.8 Å². The molecule has 5 heterocycles. The quantitative estimate of drug-likeness (QED) is 0.0693. The van der Waals surface area contributed by atoms with Crippen LogP contribution in [0.1, 0.15) is 63.6 Å². The van der Waals surface area contributed by atoms with Gasteiger partial charge < -0.3 is 41.2 Å². The highest BCUT2D eigenvalue weighted by molar-refractivity contribution is 7.47. The van der Waals surface area contributed by atoms with E-state index in [-0.39, 0.29) is 43.0 Å². The van der Waals surface area contributed by atoms with Crippen LogP contribution in [0.2, 0.25) is 0 Å². The summed E-state index contributed by atoms with van der Waals surface area (Å²) >= 11 is 0. The van der Waals surface area contributed by atoms with E-state index in [0.29, 0.717) is 11.2 Å². The minimum Gasteiger partial charge on any atom is -0.394 e. The zero-order valence-corrected chi connectivity index (χ0v) is 34.2. The highest BCUT2D eigenvalue weighted by Gasteiger charge is 2.44. The molecule has 22 nitrogen and oxygen atoms in total. The van der Waals surface area contributed by atoms with E-state index in [1.165, 1.54) is 37.3 Å². The number of phosphoric acid groups is 1. The minimum atomic E-state index is -4.95. The Morgan fingerprint density at radius 1 is 1.02 bits per heavy atom. The van der Waals surface area contributed by atoms with Crippen molar-refractivity contribution in [2.45, 2.75) is 102 Å². The van der Waals surface area contributed by atoms with E-state index < -0.39 is 98.9 Å². The molecule has 1 unspecified atom stereocenters. The highest BCUT2D eigenvalue weighted by atomic mass is 31.2. The number of hydrogen-bond donors (Lipinski definition) is 7. The molecule has 8 N–H and O–H groups in total. The van der Waals surface area contributed by atoms with Crippen LogP contribution in [0.3, 0.4) is 0 Å². The lowest BCUT2D eigenvalue weighted by molar-refractivity contribution is -0.132. The Balaban J connectivity index is 1.18. The van der Waals surface area contributed by atoms with Gasteiger partial charge in [-0.2, -0.15) is 0 Å². The lowest BCUT2D eigenvalue weighted by atomic mass is 10.00. The molecule has 23 heteroatoms. The van der Waals surface area contributed by atoms with Gasteiger partial charge in [-0.3, -0.25) is 42.3 Å². The average molecular weight is 857 g/mol. The van der Waals surface area contributed by atoms with Gasteiger partial charge >= 0.3 is 13.5 Å². The van der Waals surface area contributed by atoms with Crippen molar-refractivity contribution in [1.29, 1.82) is 0 Å². The predicted octanol–water partition coefficient (Wildman–Crippen LogP) is 0.0997. The van der Waals surface area contributed by atoms with Gasteiger partial charge in [-0.1, -0.05) is 44.2 Å². The van der Waals surface area contributed by atoms with E-state index in [9.17, 15) is 38.5 Å². The summed E-state index contributed by atoms with van der Waals surface area (Å²) in [6, 6.07) is 5.97. The van der Waals surface area contributed by atoms with Crippen LogP contribution < -0.4 is 32.9 Å². The van der Waals surface area contributed by atoms with Gasteiger partial charge in [0.1, 0.15) is 54.7 Å². The first-order chi connectivity index (χ1) is 28.5. The third-order valence-electron chi connectivity index (χ3n) is 10.1. The summed E-state index contributed by atoms with van der Waals surface area (Å²) in [4.78, 5) is 90.3. The fourth-order valence-corrected chi connectivity index (χ4v) is 8.13. The Kier molecular flexibility index (Phi) is 13.9. The maximum absolute atomic E-state index is 14.0. The number of nitrogens with two attached hydrogens (primary N) is 1. The number of aliphatic hydroxyl groups is 1. The first-order valence-corrected chi connectivity index (χ1v) is 20.8. The summed E-state index contributed by atoms with van der Waals surface area (Å²) in [5, 5.41) is 18.3. The van der Waals surface area contributed by atoms with Crippen LogP contribution in [-0.2, 0) is 43.9 Å². The topological polar surface area (TPSA) is 306 Å². The number of phosphoric ester groups is 1. The molecule has 0 saturated carbocycles. The van der Waals surface area contributed by atoms with Crippen molar-refractivity contribution in [3.63, 3.8) is 0 Å². The molecule has 60 heavy (non-hydrogen) atoms. The monoisotopic (exact) mass is 856 g/mol. The fourth-order valence-electron chi connectivity index (χ4n) is 7.17. The number of aromatic amines is 1. The van der Waals surface area contributed by atoms with E-state index >= 15 is 0 Å². The SMILES string of the molecule is CC(=O)N[C@H](Cc1ccccc1)C(=O)N[C@@H](CC(C)C)C(=O)N[C@H]1C[C@H](n2cc(C)c(=O)[nH]c2=O)O[C@@H]1COP(=O)(O)O[C@H]1C[C@H](n2cnc3c(N)ncnc32)O[C@@H]1CO. The van der Waals surface area contributed by atoms with Crippen LogP contribution in [-0.4, -0.2) is 106 Å². The van der Waals surface area contributed by atoms with Crippen LogP contribution >= 0.6 is 7.82 Å². The maximum atomic E-state index is 14.0. The molecule has 2 saturated heterocycles. The van der Waals surface area contributed by atoms with Crippen molar-refractivity contribution in [1.82, 2.24) is 45.0 Å². The normalized spacial score (nSPS) is 23.6. The van der Waals surface area contributed by atoms with Gasteiger partial charge in [-0.15, -0.1) is 0 Å². The molecule has 2 fully saturated rings. The summed E-state index contributed by atoms with van der Waals surface area (Å²) in [5.74, 6) is -1.61. The van der Waals surface area contributed by atoms with Crippen molar-refractivity contribution in [2.75, 3.05) is 18.9 Å². The van der Waals surface area contributed by atoms with E-state index in [1.54, 1.807) is 12.1 Å². The number of aryl methyl sites for hydroxylation is 1. The summed E-state index contributed by atoms with van der Waals surface area (Å²) < 4.78 is 39.1. The lowest BCUT2D eigenvalue weighted by Crippen LogP contribution is -2.56. The van der Waals surface area contributed by atoms with Crippen molar-refractivity contribution in [2.24, 2.45) is 5.92 Å². The maximum Gasteiger partial charge on any atom is 0.472 e. The molecule has 1 aromatic carbocycles. The van der Waals surface area contributed by atoms with Crippen LogP contribution in [0, 0.1) is 12.8 Å². The largest absolute Gasteiger partial charge is 0.472 e. The second-order valence-electron chi connectivity index (χ2n) is 15.1. The second kappa shape index (κ2) is 18.9. The molecule has 2 aliphatic rings. The standard InChI is InChI=1S/C37H49N10O12P/c1-19(2)10-24(44-36(52)25(42-21(4)49)11-22-8-6-5-7-9-22)35(51)43-23-12-29(46-14-20(3)34(50)45-37(46)53)58-28(23)16-56-60(54,55)59-26-13-30(57-27(26)15-48)47-18-41-31-32(38)39-17-40-33(31)47/h5-9,14,17-19,23-30,48H,10-13,15-16H2,1-4H3,(H,42,49)(H,43,51)(H,44,52)(H,54,55)(H2,38,39,40)(H,45,50,53)/t23-,24-,25+,26-,27+,28+,29+,30+/m0/s1. The van der Waals surface area contributed by atoms with Gasteiger partial charge in [0.15, 0.2) is 11.5 Å². The smallest absolute Gasteiger partial charge is 0.394 e. The molecule has 0 radical (unpaired) electrons. The number of carbonyl (C=O) groups is 3. The lowest BCUT2D eigenvalue weighted by Gasteiger charge is -2.27. The number of H-pyrrole nitrogens is 1. The zero-order chi connectivity index (χ0) is 43.3. The molecule has 9 atom stereocenters. The summed E-state index contributed by atoms with van der Waals surface area (Å²) in [6.07, 6.45) is -1.08. The molecule has 0 spiro atoms.